The predicted octanol–water partition coefficient (Wildman–Crippen LogP) is 1.48. The number of rotatable bonds is 26. The first-order valence-corrected chi connectivity index (χ1v) is 19.1. The van der Waals surface area contributed by atoms with Crippen molar-refractivity contribution in [3.8, 4) is 0 Å². The minimum atomic E-state index is -1.78. The maximum atomic E-state index is 12.2. The summed E-state index contributed by atoms with van der Waals surface area (Å²) in [4.78, 5) is 12.2. The molecule has 0 radical (unpaired) electrons. The van der Waals surface area contributed by atoms with Gasteiger partial charge in [0.2, 0.25) is 5.91 Å². The van der Waals surface area contributed by atoms with E-state index < -0.39 is 86.8 Å². The number of carbonyl (C=O) groups is 1. The lowest BCUT2D eigenvalue weighted by molar-refractivity contribution is -0.359. The summed E-state index contributed by atoms with van der Waals surface area (Å²) in [7, 11) is 0. The molecule has 0 aliphatic carbocycles. The van der Waals surface area contributed by atoms with Crippen LogP contribution in [0.2, 0.25) is 0 Å². The van der Waals surface area contributed by atoms with Gasteiger partial charge in [-0.1, -0.05) is 102 Å². The van der Waals surface area contributed by atoms with Crippen LogP contribution in [0.1, 0.15) is 110 Å². The Labute approximate surface area is 303 Å². The highest BCUT2D eigenvalue weighted by Gasteiger charge is 2.50. The van der Waals surface area contributed by atoms with Gasteiger partial charge in [-0.05, 0) is 25.7 Å². The lowest BCUT2D eigenvalue weighted by Crippen LogP contribution is -2.65. The first-order valence-electron chi connectivity index (χ1n) is 19.1. The summed E-state index contributed by atoms with van der Waals surface area (Å²) in [5.74, 6) is -0.340. The Hall–Kier alpha value is -1.53. The molecule has 2 saturated heterocycles. The number of aliphatic hydroxyl groups excluding tert-OH is 8. The molecule has 51 heavy (non-hydrogen) atoms. The van der Waals surface area contributed by atoms with Crippen LogP contribution in [-0.2, 0) is 23.7 Å². The summed E-state index contributed by atoms with van der Waals surface area (Å²) >= 11 is 0. The van der Waals surface area contributed by atoms with Gasteiger partial charge in [0.1, 0.15) is 48.8 Å². The number of ether oxygens (including phenoxy) is 4. The summed E-state index contributed by atoms with van der Waals surface area (Å²) in [6.07, 6.45) is 7.88. The third-order valence-electron chi connectivity index (χ3n) is 9.45. The lowest BCUT2D eigenvalue weighted by atomic mass is 9.97. The van der Waals surface area contributed by atoms with Crippen LogP contribution >= 0.6 is 0 Å². The summed E-state index contributed by atoms with van der Waals surface area (Å²) in [5.41, 5.74) is 0. The number of aliphatic hydroxyl groups is 8. The van der Waals surface area contributed by atoms with E-state index in [-0.39, 0.29) is 18.9 Å². The molecule has 0 bridgehead atoms. The van der Waals surface area contributed by atoms with Crippen LogP contribution in [0.3, 0.4) is 0 Å². The van der Waals surface area contributed by atoms with E-state index in [9.17, 15) is 45.6 Å². The maximum Gasteiger partial charge on any atom is 0.220 e. The highest BCUT2D eigenvalue weighted by Crippen LogP contribution is 2.29. The second-order valence-electron chi connectivity index (χ2n) is 13.7. The summed E-state index contributed by atoms with van der Waals surface area (Å²) in [6, 6.07) is -0.922. The van der Waals surface area contributed by atoms with E-state index >= 15 is 0 Å². The van der Waals surface area contributed by atoms with Crippen LogP contribution in [0.5, 0.6) is 0 Å². The molecule has 1 amide bonds. The second-order valence-corrected chi connectivity index (χ2v) is 13.7. The Morgan fingerprint density at radius 2 is 1.24 bits per heavy atom. The van der Waals surface area contributed by atoms with Crippen molar-refractivity contribution in [2.24, 2.45) is 0 Å². The van der Waals surface area contributed by atoms with Gasteiger partial charge >= 0.3 is 0 Å². The van der Waals surface area contributed by atoms with E-state index in [0.717, 1.165) is 12.8 Å². The molecule has 298 valence electrons. The highest BCUT2D eigenvalue weighted by atomic mass is 16.7. The van der Waals surface area contributed by atoms with Crippen molar-refractivity contribution in [2.45, 2.75) is 184 Å². The van der Waals surface area contributed by atoms with E-state index in [1.54, 1.807) is 13.0 Å². The van der Waals surface area contributed by atoms with Gasteiger partial charge in [-0.2, -0.15) is 0 Å². The maximum absolute atomic E-state index is 12.2. The number of amides is 1. The number of hydrogen-bond donors (Lipinski definition) is 9. The molecule has 2 fully saturated rings. The van der Waals surface area contributed by atoms with Crippen LogP contribution in [0.25, 0.3) is 0 Å². The van der Waals surface area contributed by atoms with Gasteiger partial charge in [-0.15, -0.1) is 0 Å². The van der Waals surface area contributed by atoms with Gasteiger partial charge < -0.3 is 65.1 Å². The third-order valence-corrected chi connectivity index (χ3v) is 9.45. The first kappa shape index (κ1) is 45.6. The van der Waals surface area contributed by atoms with Crippen LogP contribution < -0.4 is 5.32 Å². The Morgan fingerprint density at radius 1 is 0.686 bits per heavy atom. The average Bonchev–Trinajstić information content (AvgIpc) is 3.13. The molecule has 14 nitrogen and oxygen atoms in total. The van der Waals surface area contributed by atoms with E-state index in [1.165, 1.54) is 70.6 Å². The fourth-order valence-corrected chi connectivity index (χ4v) is 6.15. The molecule has 0 aromatic rings. The summed E-state index contributed by atoms with van der Waals surface area (Å²) < 4.78 is 22.2. The first-order chi connectivity index (χ1) is 24.6. The zero-order valence-electron chi connectivity index (χ0n) is 30.6. The van der Waals surface area contributed by atoms with Gasteiger partial charge in [0.05, 0.1) is 32.0 Å². The fraction of sp³-hybridized carbons (Fsp3) is 0.865. The van der Waals surface area contributed by atoms with Crippen LogP contribution in [0.4, 0.5) is 0 Å². The van der Waals surface area contributed by atoms with Crippen molar-refractivity contribution in [1.29, 1.82) is 0 Å². The molecule has 0 aromatic heterocycles. The molecule has 0 aromatic carbocycles. The predicted molar refractivity (Wildman–Crippen MR) is 189 cm³/mol. The average molecular weight is 734 g/mol. The van der Waals surface area contributed by atoms with Crippen LogP contribution in [0, 0.1) is 0 Å². The molecule has 14 heteroatoms. The van der Waals surface area contributed by atoms with Gasteiger partial charge in [0, 0.05) is 6.42 Å². The van der Waals surface area contributed by atoms with Gasteiger partial charge in [-0.25, -0.2) is 0 Å². The molecule has 0 spiro atoms. The van der Waals surface area contributed by atoms with Crippen molar-refractivity contribution >= 4 is 5.91 Å². The normalized spacial score (nSPS) is 31.3. The van der Waals surface area contributed by atoms with E-state index in [2.05, 4.69) is 24.4 Å². The van der Waals surface area contributed by atoms with Crippen molar-refractivity contribution in [3.63, 3.8) is 0 Å². The van der Waals surface area contributed by atoms with Crippen LogP contribution in [0.15, 0.2) is 24.3 Å². The Bertz CT molecular complexity index is 967. The molecular formula is C37H67NO13. The number of hydrogen-bond acceptors (Lipinski definition) is 13. The van der Waals surface area contributed by atoms with E-state index in [0.29, 0.717) is 6.42 Å². The Morgan fingerprint density at radius 3 is 1.84 bits per heavy atom. The third kappa shape index (κ3) is 16.2. The number of unbranched alkanes of at least 4 members (excludes halogenated alkanes) is 12. The lowest BCUT2D eigenvalue weighted by Gasteiger charge is -2.46. The smallest absolute Gasteiger partial charge is 0.220 e. The highest BCUT2D eigenvalue weighted by molar-refractivity contribution is 5.75. The zero-order chi connectivity index (χ0) is 37.6. The standard InChI is InChI=1S/C37H67NO13/c1-3-5-6-7-8-9-10-11-12-13-14-15-16-17-18-19-20-21-26(41)25(38-29(42)4-2)24-48-36-34(47)32(45)35(28(23-40)50-36)51-37-33(46)31(44)30(43)27(22-39)49-37/h16-17,20-21,25-28,30-37,39-41,43-47H,3-15,18-19,22-24H2,1-2H3,(H,38,42)/b17-16+,21-20+. The largest absolute Gasteiger partial charge is 0.394 e. The molecule has 0 saturated carbocycles. The van der Waals surface area contributed by atoms with Gasteiger partial charge in [-0.3, -0.25) is 4.79 Å². The van der Waals surface area contributed by atoms with Crippen molar-refractivity contribution < 1.29 is 64.6 Å². The molecule has 12 atom stereocenters. The van der Waals surface area contributed by atoms with Gasteiger partial charge in [0.15, 0.2) is 12.6 Å². The molecule has 9 N–H and O–H groups in total. The Kier molecular flexibility index (Phi) is 23.5. The van der Waals surface area contributed by atoms with Crippen molar-refractivity contribution in [2.75, 3.05) is 19.8 Å². The molecule has 12 unspecified atom stereocenters. The number of nitrogens with one attached hydrogen (secondary N) is 1. The number of carbonyl (C=O) groups excluding carboxylic acids is 1. The number of allylic oxidation sites excluding steroid dienone is 3. The Balaban J connectivity index is 1.79. The van der Waals surface area contributed by atoms with Gasteiger partial charge in [0.25, 0.3) is 0 Å². The van der Waals surface area contributed by atoms with Crippen molar-refractivity contribution in [1.82, 2.24) is 5.32 Å². The zero-order valence-corrected chi connectivity index (χ0v) is 30.6. The topological polar surface area (TPSA) is 228 Å². The second kappa shape index (κ2) is 26.3. The molecular weight excluding hydrogens is 666 g/mol. The molecule has 2 aliphatic rings. The quantitative estimate of drug-likeness (QED) is 0.0454. The molecule has 2 rings (SSSR count). The fourth-order valence-electron chi connectivity index (χ4n) is 6.15. The van der Waals surface area contributed by atoms with Crippen LogP contribution in [-0.4, -0.2) is 140 Å². The SMILES string of the molecule is CCCCCCCCCCCCC/C=C/CC/C=C/C(O)C(COC1OC(CO)C(OC2OC(CO)C(O)C(O)C2O)C(O)C1O)NC(=O)CC. The summed E-state index contributed by atoms with van der Waals surface area (Å²) in [6.45, 7) is 2.16. The van der Waals surface area contributed by atoms with E-state index in [1.807, 2.05) is 6.08 Å². The minimum absolute atomic E-state index is 0.154. The molecule has 2 heterocycles. The minimum Gasteiger partial charge on any atom is -0.394 e. The summed E-state index contributed by atoms with van der Waals surface area (Å²) in [5, 5.41) is 85.0. The monoisotopic (exact) mass is 733 g/mol. The molecule has 2 aliphatic heterocycles. The van der Waals surface area contributed by atoms with Crippen molar-refractivity contribution in [3.05, 3.63) is 24.3 Å². The van der Waals surface area contributed by atoms with E-state index in [4.69, 9.17) is 18.9 Å².